The molecule has 1 saturated heterocycles. The first-order valence-corrected chi connectivity index (χ1v) is 13.4. The summed E-state index contributed by atoms with van der Waals surface area (Å²) >= 11 is 7.95. The number of halogens is 1. The molecule has 6 heteroatoms. The van der Waals surface area contributed by atoms with Crippen LogP contribution in [0.4, 0.5) is 0 Å². The fourth-order valence-electron chi connectivity index (χ4n) is 4.75. The lowest BCUT2D eigenvalue weighted by atomic mass is 9.83. The predicted octanol–water partition coefficient (Wildman–Crippen LogP) is 7.35. The highest BCUT2D eigenvalue weighted by Gasteiger charge is 2.49. The van der Waals surface area contributed by atoms with E-state index in [4.69, 9.17) is 16.3 Å². The van der Waals surface area contributed by atoms with Crippen LogP contribution >= 0.6 is 22.9 Å². The fourth-order valence-corrected chi connectivity index (χ4v) is 5.94. The molecule has 1 aromatic heterocycles. The number of allylic oxidation sites excluding steroid dienone is 1. The Hall–Kier alpha value is -2.76. The van der Waals surface area contributed by atoms with E-state index in [2.05, 4.69) is 47.7 Å². The Morgan fingerprint density at radius 2 is 2.03 bits per heavy atom. The quantitative estimate of drug-likeness (QED) is 0.254. The summed E-state index contributed by atoms with van der Waals surface area (Å²) in [6, 6.07) is 16.1. The largest absolute Gasteiger partial charge is 0.499 e. The zero-order valence-electron chi connectivity index (χ0n) is 20.6. The molecule has 1 aliphatic rings. The number of carbonyl (C=O) groups excluding carboxylic acids is 1. The van der Waals surface area contributed by atoms with Crippen molar-refractivity contribution in [3.05, 3.63) is 89.0 Å². The SMILES string of the molecule is C=C(CCCN(Cc1cccc(Cl)c1)C(=O)C1(C)CCN1C(=C)c1csc2ccccc12)OCC. The first kappa shape index (κ1) is 25.3. The molecule has 2 heterocycles. The maximum absolute atomic E-state index is 14.0. The Morgan fingerprint density at radius 1 is 1.23 bits per heavy atom. The first-order chi connectivity index (χ1) is 16.8. The molecule has 1 amide bonds. The third-order valence-electron chi connectivity index (χ3n) is 6.78. The number of likely N-dealkylation sites (tertiary alicyclic amines) is 1. The maximum atomic E-state index is 14.0. The molecular formula is C29H33ClN2O2S. The molecule has 1 aliphatic heterocycles. The smallest absolute Gasteiger partial charge is 0.248 e. The minimum Gasteiger partial charge on any atom is -0.499 e. The third kappa shape index (κ3) is 5.41. The van der Waals surface area contributed by atoms with E-state index >= 15 is 0 Å². The summed E-state index contributed by atoms with van der Waals surface area (Å²) in [6.07, 6.45) is 2.31. The van der Waals surface area contributed by atoms with Crippen molar-refractivity contribution < 1.29 is 9.53 Å². The van der Waals surface area contributed by atoms with Crippen molar-refractivity contribution in [1.82, 2.24) is 9.80 Å². The minimum atomic E-state index is -0.629. The Morgan fingerprint density at radius 3 is 2.74 bits per heavy atom. The van der Waals surface area contributed by atoms with Crippen LogP contribution in [0, 0.1) is 0 Å². The lowest BCUT2D eigenvalue weighted by Gasteiger charge is -2.53. The van der Waals surface area contributed by atoms with Gasteiger partial charge in [-0.25, -0.2) is 0 Å². The molecule has 4 rings (SSSR count). The van der Waals surface area contributed by atoms with Gasteiger partial charge in [0.1, 0.15) is 5.54 Å². The highest BCUT2D eigenvalue weighted by atomic mass is 35.5. The second-order valence-corrected chi connectivity index (χ2v) is 10.5. The van der Waals surface area contributed by atoms with E-state index in [0.29, 0.717) is 24.7 Å². The van der Waals surface area contributed by atoms with Gasteiger partial charge in [0, 0.05) is 57.8 Å². The average molecular weight is 509 g/mol. The van der Waals surface area contributed by atoms with Gasteiger partial charge in [-0.05, 0) is 50.5 Å². The van der Waals surface area contributed by atoms with Crippen LogP contribution in [0.5, 0.6) is 0 Å². The van der Waals surface area contributed by atoms with Crippen molar-refractivity contribution in [2.45, 2.75) is 45.2 Å². The molecule has 4 nitrogen and oxygen atoms in total. The van der Waals surface area contributed by atoms with Gasteiger partial charge in [0.05, 0.1) is 12.4 Å². The molecule has 0 radical (unpaired) electrons. The van der Waals surface area contributed by atoms with E-state index in [1.165, 1.54) is 10.1 Å². The summed E-state index contributed by atoms with van der Waals surface area (Å²) in [4.78, 5) is 18.2. The number of hydrogen-bond acceptors (Lipinski definition) is 4. The molecule has 1 fully saturated rings. The van der Waals surface area contributed by atoms with Gasteiger partial charge in [0.25, 0.3) is 0 Å². The number of nitrogens with zero attached hydrogens (tertiary/aromatic N) is 2. The van der Waals surface area contributed by atoms with Crippen LogP contribution in [-0.4, -0.2) is 40.9 Å². The van der Waals surface area contributed by atoms with Gasteiger partial charge in [0.2, 0.25) is 5.91 Å². The van der Waals surface area contributed by atoms with Gasteiger partial charge in [-0.15, -0.1) is 11.3 Å². The monoisotopic (exact) mass is 508 g/mol. The van der Waals surface area contributed by atoms with Crippen LogP contribution in [-0.2, 0) is 16.1 Å². The zero-order valence-corrected chi connectivity index (χ0v) is 22.1. The van der Waals surface area contributed by atoms with Crippen molar-refractivity contribution in [1.29, 1.82) is 0 Å². The van der Waals surface area contributed by atoms with Crippen LogP contribution in [0.1, 0.15) is 44.2 Å². The molecule has 1 atom stereocenters. The minimum absolute atomic E-state index is 0.117. The number of ether oxygens (including phenoxy) is 1. The summed E-state index contributed by atoms with van der Waals surface area (Å²) in [5.41, 5.74) is 2.41. The second-order valence-electron chi connectivity index (χ2n) is 9.20. The highest BCUT2D eigenvalue weighted by Crippen LogP contribution is 2.42. The number of benzene rings is 2. The van der Waals surface area contributed by atoms with Crippen LogP contribution in [0.15, 0.2) is 72.8 Å². The van der Waals surface area contributed by atoms with Crippen LogP contribution in [0.2, 0.25) is 5.02 Å². The van der Waals surface area contributed by atoms with Gasteiger partial charge >= 0.3 is 0 Å². The lowest BCUT2D eigenvalue weighted by molar-refractivity contribution is -0.148. The molecule has 2 aromatic carbocycles. The van der Waals surface area contributed by atoms with E-state index in [1.807, 2.05) is 43.0 Å². The summed E-state index contributed by atoms with van der Waals surface area (Å²) < 4.78 is 6.74. The zero-order chi connectivity index (χ0) is 25.0. The molecule has 0 spiro atoms. The van der Waals surface area contributed by atoms with E-state index in [-0.39, 0.29) is 5.91 Å². The molecular weight excluding hydrogens is 476 g/mol. The van der Waals surface area contributed by atoms with Gasteiger partial charge < -0.3 is 14.5 Å². The van der Waals surface area contributed by atoms with Crippen molar-refractivity contribution >= 4 is 44.6 Å². The molecule has 1 unspecified atom stereocenters. The van der Waals surface area contributed by atoms with Crippen molar-refractivity contribution in [2.75, 3.05) is 19.7 Å². The number of carbonyl (C=O) groups is 1. The summed E-state index contributed by atoms with van der Waals surface area (Å²) in [6.45, 7) is 15.0. The van der Waals surface area contributed by atoms with Crippen molar-refractivity contribution in [2.24, 2.45) is 0 Å². The molecule has 0 saturated carbocycles. The Kier molecular flexibility index (Phi) is 7.88. The van der Waals surface area contributed by atoms with Gasteiger partial charge in [-0.1, -0.05) is 55.1 Å². The predicted molar refractivity (Wildman–Crippen MR) is 147 cm³/mol. The number of thiophene rings is 1. The number of hydrogen-bond donors (Lipinski definition) is 0. The maximum Gasteiger partial charge on any atom is 0.248 e. The molecule has 0 aliphatic carbocycles. The molecule has 0 N–H and O–H groups in total. The normalized spacial score (nSPS) is 17.2. The molecule has 0 bridgehead atoms. The average Bonchev–Trinajstić information content (AvgIpc) is 3.26. The Balaban J connectivity index is 1.54. The molecule has 35 heavy (non-hydrogen) atoms. The van der Waals surface area contributed by atoms with Crippen LogP contribution in [0.3, 0.4) is 0 Å². The number of rotatable bonds is 11. The van der Waals surface area contributed by atoms with E-state index in [9.17, 15) is 4.79 Å². The topological polar surface area (TPSA) is 32.8 Å². The standard InChI is InChI=1S/C29H33ClN2O2S/c1-5-34-21(2)10-9-16-31(19-23-11-8-12-24(30)18-23)28(33)29(4)15-17-32(29)22(3)26-20-35-27-14-7-6-13-25(26)27/h6-8,11-14,18,20H,2-3,5,9-10,15-17,19H2,1,4H3. The Bertz CT molecular complexity index is 1240. The van der Waals surface area contributed by atoms with E-state index in [1.54, 1.807) is 11.3 Å². The van der Waals surface area contributed by atoms with E-state index in [0.717, 1.165) is 48.4 Å². The fraction of sp³-hybridized carbons (Fsp3) is 0.345. The third-order valence-corrected chi connectivity index (χ3v) is 7.98. The van der Waals surface area contributed by atoms with Gasteiger partial charge in [-0.3, -0.25) is 4.79 Å². The van der Waals surface area contributed by atoms with Crippen LogP contribution in [0.25, 0.3) is 15.8 Å². The summed E-state index contributed by atoms with van der Waals surface area (Å²) in [5.74, 6) is 0.878. The lowest BCUT2D eigenvalue weighted by Crippen LogP contribution is -2.65. The van der Waals surface area contributed by atoms with Crippen molar-refractivity contribution in [3.63, 3.8) is 0 Å². The van der Waals surface area contributed by atoms with Crippen LogP contribution < -0.4 is 0 Å². The Labute approximate surface area is 217 Å². The highest BCUT2D eigenvalue weighted by molar-refractivity contribution is 7.17. The molecule has 3 aromatic rings. The number of fused-ring (bicyclic) bond motifs is 1. The number of amides is 1. The summed E-state index contributed by atoms with van der Waals surface area (Å²) in [7, 11) is 0. The van der Waals surface area contributed by atoms with E-state index < -0.39 is 5.54 Å². The van der Waals surface area contributed by atoms with Gasteiger partial charge in [0.15, 0.2) is 0 Å². The van der Waals surface area contributed by atoms with Crippen molar-refractivity contribution in [3.8, 4) is 0 Å². The molecule has 184 valence electrons. The first-order valence-electron chi connectivity index (χ1n) is 12.1. The summed E-state index contributed by atoms with van der Waals surface area (Å²) in [5, 5.41) is 4.02. The second kappa shape index (κ2) is 10.9. The van der Waals surface area contributed by atoms with Gasteiger partial charge in [-0.2, -0.15) is 0 Å².